The smallest absolute Gasteiger partial charge is 0.297 e. The van der Waals surface area contributed by atoms with Crippen LogP contribution < -0.4 is 14.8 Å². The van der Waals surface area contributed by atoms with E-state index in [4.69, 9.17) is 37.5 Å². The van der Waals surface area contributed by atoms with Crippen LogP contribution in [0.15, 0.2) is 70.4 Å². The Labute approximate surface area is 329 Å². The fraction of sp³-hybridized carbons (Fsp3) is 0.300. The van der Waals surface area contributed by atoms with Crippen LogP contribution in [0.3, 0.4) is 0 Å². The van der Waals surface area contributed by atoms with Gasteiger partial charge in [-0.2, -0.15) is 13.5 Å². The number of hydrogen-bond donors (Lipinski definition) is 3. The Morgan fingerprint density at radius 2 is 1.69 bits per heavy atom. The van der Waals surface area contributed by atoms with E-state index in [-0.39, 0.29) is 24.0 Å². The van der Waals surface area contributed by atoms with Gasteiger partial charge in [-0.15, -0.1) is 0 Å². The third-order valence-electron chi connectivity index (χ3n) is 9.59. The molecule has 2 aromatic carbocycles. The summed E-state index contributed by atoms with van der Waals surface area (Å²) in [5, 5.41) is 8.72. The zero-order chi connectivity index (χ0) is 39.6. The van der Waals surface area contributed by atoms with Gasteiger partial charge in [0.1, 0.15) is 11.4 Å². The number of sulfonamides is 1. The van der Waals surface area contributed by atoms with Crippen LogP contribution >= 0.6 is 23.2 Å². The number of hydrogen-bond acceptors (Lipinski definition) is 8. The molecule has 15 heteroatoms. The number of carbonyl (C=O) groups is 2. The molecule has 0 aliphatic heterocycles. The number of nitrogens with one attached hydrogen (secondary N) is 3. The minimum Gasteiger partial charge on any atom is -0.494 e. The lowest BCUT2D eigenvalue weighted by atomic mass is 9.98. The van der Waals surface area contributed by atoms with Crippen molar-refractivity contribution in [3.63, 3.8) is 0 Å². The van der Waals surface area contributed by atoms with E-state index in [0.717, 1.165) is 46.1 Å². The number of aromatic amines is 1. The van der Waals surface area contributed by atoms with Crippen molar-refractivity contribution in [3.8, 4) is 16.9 Å². The number of aryl methyl sites for hydroxylation is 4. The number of pyridine rings is 1. The molecular weight excluding hydrogens is 763 g/mol. The summed E-state index contributed by atoms with van der Waals surface area (Å²) in [5.41, 5.74) is 6.92. The largest absolute Gasteiger partial charge is 0.494 e. The minimum absolute atomic E-state index is 0.0340. The molecule has 1 atom stereocenters. The van der Waals surface area contributed by atoms with Crippen LogP contribution in [0, 0.1) is 27.7 Å². The predicted octanol–water partition coefficient (Wildman–Crippen LogP) is 8.59. The third kappa shape index (κ3) is 8.29. The monoisotopic (exact) mass is 804 g/mol. The van der Waals surface area contributed by atoms with Crippen LogP contribution in [0.1, 0.15) is 87.4 Å². The number of fused-ring (bicyclic) bond motifs is 1. The van der Waals surface area contributed by atoms with Crippen molar-refractivity contribution in [1.82, 2.24) is 29.8 Å². The number of carbonyl (C=O) groups excluding carboxylic acids is 2. The quantitative estimate of drug-likeness (QED) is 0.0923. The fourth-order valence-electron chi connectivity index (χ4n) is 6.63. The molecule has 0 aliphatic carbocycles. The Bertz CT molecular complexity index is 2480. The number of furan rings is 1. The normalized spacial score (nSPS) is 12.2. The first-order valence-corrected chi connectivity index (χ1v) is 20.1. The van der Waals surface area contributed by atoms with E-state index in [0.29, 0.717) is 57.3 Å². The molecule has 0 saturated heterocycles. The van der Waals surface area contributed by atoms with Gasteiger partial charge in [-0.1, -0.05) is 36.2 Å². The molecule has 2 amide bonds. The highest BCUT2D eigenvalue weighted by Crippen LogP contribution is 2.41. The number of nitrogens with zero attached hydrogens (tertiary/aromatic N) is 3. The molecule has 6 aromatic rings. The highest BCUT2D eigenvalue weighted by Gasteiger charge is 2.29. The molecule has 3 N–H and O–H groups in total. The van der Waals surface area contributed by atoms with Crippen molar-refractivity contribution in [2.24, 2.45) is 0 Å². The van der Waals surface area contributed by atoms with Gasteiger partial charge in [0, 0.05) is 52.2 Å². The van der Waals surface area contributed by atoms with Crippen LogP contribution in [0.2, 0.25) is 10.0 Å². The van der Waals surface area contributed by atoms with Crippen LogP contribution in [0.25, 0.3) is 22.0 Å². The van der Waals surface area contributed by atoms with Crippen molar-refractivity contribution in [2.75, 3.05) is 6.61 Å². The van der Waals surface area contributed by atoms with Crippen molar-refractivity contribution >= 4 is 55.9 Å². The van der Waals surface area contributed by atoms with Gasteiger partial charge >= 0.3 is 0 Å². The maximum Gasteiger partial charge on any atom is 0.297 e. The average Bonchev–Trinajstić information content (AvgIpc) is 3.88. The summed E-state index contributed by atoms with van der Waals surface area (Å²) < 4.78 is 42.7. The SMILES string of the molecule is CCC(C)n1nc(C)c(-c2c(Cl)ccc3c(CCCOc4cc(C)c(Cl)c(C)c4)c(C(=O)NS(=O)(=O)c4ccc(C(=O)NCc5ccncc5)o4)[nH]c23)c1C. The number of ether oxygens (including phenoxy) is 1. The van der Waals surface area contributed by atoms with Gasteiger partial charge in [0.15, 0.2) is 5.76 Å². The lowest BCUT2D eigenvalue weighted by Gasteiger charge is -2.13. The second-order valence-electron chi connectivity index (χ2n) is 13.5. The third-order valence-corrected chi connectivity index (χ3v) is 11.7. The Morgan fingerprint density at radius 1 is 0.982 bits per heavy atom. The maximum atomic E-state index is 14.0. The van der Waals surface area contributed by atoms with E-state index in [1.54, 1.807) is 30.6 Å². The summed E-state index contributed by atoms with van der Waals surface area (Å²) in [5.74, 6) is -1.10. The average molecular weight is 806 g/mol. The standard InChI is InChI=1S/C40H42Cl2N6O6S/c1-7-24(4)48-26(6)34(25(5)46-48)35-31(41)11-10-30-29(9-8-18-53-28-19-22(2)36(42)23(3)20-28)38(45-37(30)35)40(50)47-55(51,52)33-13-12-32(54-33)39(49)44-21-27-14-16-43-17-15-27/h10-17,19-20,24,45H,7-9,18,21H2,1-6H3,(H,44,49)(H,47,50). The first-order valence-electron chi connectivity index (χ1n) is 17.8. The van der Waals surface area contributed by atoms with Crippen molar-refractivity contribution < 1.29 is 27.2 Å². The number of rotatable bonds is 14. The fourth-order valence-corrected chi connectivity index (χ4v) is 7.88. The first kappa shape index (κ1) is 39.6. The van der Waals surface area contributed by atoms with Crippen LogP contribution in [0.4, 0.5) is 0 Å². The zero-order valence-corrected chi connectivity index (χ0v) is 33.7. The van der Waals surface area contributed by atoms with Gasteiger partial charge in [-0.05, 0) is 119 Å². The summed E-state index contributed by atoms with van der Waals surface area (Å²) in [7, 11) is -4.56. The van der Waals surface area contributed by atoms with Crippen molar-refractivity contribution in [3.05, 3.63) is 116 Å². The summed E-state index contributed by atoms with van der Waals surface area (Å²) >= 11 is 13.3. The second kappa shape index (κ2) is 16.3. The minimum atomic E-state index is -4.56. The van der Waals surface area contributed by atoms with Gasteiger partial charge in [-0.3, -0.25) is 19.3 Å². The topological polar surface area (TPSA) is 161 Å². The molecule has 0 aliphatic rings. The molecule has 6 rings (SSSR count). The summed E-state index contributed by atoms with van der Waals surface area (Å²) in [6.45, 7) is 12.4. The van der Waals surface area contributed by atoms with E-state index in [2.05, 4.69) is 33.9 Å². The summed E-state index contributed by atoms with van der Waals surface area (Å²) in [6, 6.07) is 13.3. The Kier molecular flexibility index (Phi) is 11.7. The molecule has 4 aromatic heterocycles. The molecule has 0 saturated carbocycles. The molecule has 4 heterocycles. The highest BCUT2D eigenvalue weighted by molar-refractivity contribution is 7.90. The molecule has 0 fully saturated rings. The molecule has 12 nitrogen and oxygen atoms in total. The van der Waals surface area contributed by atoms with E-state index in [1.165, 1.54) is 6.07 Å². The Morgan fingerprint density at radius 3 is 2.38 bits per heavy atom. The molecule has 1 unspecified atom stereocenters. The van der Waals surface area contributed by atoms with Gasteiger partial charge in [0.05, 0.1) is 22.8 Å². The molecule has 0 spiro atoms. The Hall–Kier alpha value is -5.11. The van der Waals surface area contributed by atoms with Crippen LogP contribution in [0.5, 0.6) is 5.75 Å². The molecule has 288 valence electrons. The number of H-pyrrole nitrogens is 1. The second-order valence-corrected chi connectivity index (χ2v) is 15.9. The van der Waals surface area contributed by atoms with Gasteiger partial charge in [0.25, 0.3) is 21.8 Å². The predicted molar refractivity (Wildman–Crippen MR) is 213 cm³/mol. The van der Waals surface area contributed by atoms with Gasteiger partial charge < -0.3 is 19.5 Å². The molecular formula is C40H42Cl2N6O6S. The number of amides is 2. The van der Waals surface area contributed by atoms with E-state index in [9.17, 15) is 18.0 Å². The summed E-state index contributed by atoms with van der Waals surface area (Å²) in [4.78, 5) is 34.0. The van der Waals surface area contributed by atoms with E-state index < -0.39 is 26.9 Å². The van der Waals surface area contributed by atoms with Crippen LogP contribution in [-0.4, -0.2) is 46.6 Å². The van der Waals surface area contributed by atoms with Crippen molar-refractivity contribution in [2.45, 2.75) is 78.5 Å². The highest BCUT2D eigenvalue weighted by atomic mass is 35.5. The van der Waals surface area contributed by atoms with Gasteiger partial charge in [-0.25, -0.2) is 4.72 Å². The molecule has 0 bridgehead atoms. The van der Waals surface area contributed by atoms with Gasteiger partial charge in [0.2, 0.25) is 5.09 Å². The maximum absolute atomic E-state index is 14.0. The van der Waals surface area contributed by atoms with Crippen LogP contribution in [-0.2, 0) is 23.0 Å². The molecule has 0 radical (unpaired) electrons. The summed E-state index contributed by atoms with van der Waals surface area (Å²) in [6.07, 6.45) is 4.89. The lowest BCUT2D eigenvalue weighted by Crippen LogP contribution is -2.31. The number of halogens is 2. The number of benzene rings is 2. The van der Waals surface area contributed by atoms with E-state index >= 15 is 0 Å². The zero-order valence-electron chi connectivity index (χ0n) is 31.3. The number of aromatic nitrogens is 4. The lowest BCUT2D eigenvalue weighted by molar-refractivity contribution is 0.0917. The Balaban J connectivity index is 1.32. The van der Waals surface area contributed by atoms with E-state index in [1.807, 2.05) is 50.6 Å². The van der Waals surface area contributed by atoms with Crippen molar-refractivity contribution in [1.29, 1.82) is 0 Å². The first-order chi connectivity index (χ1) is 26.2. The molecule has 55 heavy (non-hydrogen) atoms.